The summed E-state index contributed by atoms with van der Waals surface area (Å²) in [6.45, 7) is 14.1. The van der Waals surface area contributed by atoms with Gasteiger partial charge in [0.05, 0.1) is 32.5 Å². The first-order chi connectivity index (χ1) is 42.8. The second-order valence-corrected chi connectivity index (χ2v) is 27.4. The minimum atomic E-state index is -1.44. The summed E-state index contributed by atoms with van der Waals surface area (Å²) >= 11 is 0. The van der Waals surface area contributed by atoms with Crippen LogP contribution in [0.3, 0.4) is 0 Å². The zero-order valence-electron chi connectivity index (χ0n) is 55.1. The molecule has 6 heterocycles. The third-order valence-electron chi connectivity index (χ3n) is 18.1. The summed E-state index contributed by atoms with van der Waals surface area (Å²) in [5.74, 6) is -6.46. The molecule has 5 N–H and O–H groups in total. The molecule has 6 amide bonds. The Kier molecular flexibility index (Phi) is 25.6. The van der Waals surface area contributed by atoms with Crippen LogP contribution in [0, 0.1) is 23.7 Å². The molecule has 0 bridgehead atoms. The van der Waals surface area contributed by atoms with Gasteiger partial charge in [-0.3, -0.25) is 38.6 Å². The van der Waals surface area contributed by atoms with Crippen molar-refractivity contribution in [1.29, 1.82) is 0 Å². The number of hydrogen-bond donors (Lipinski definition) is 3. The van der Waals surface area contributed by atoms with E-state index in [4.69, 9.17) is 23.7 Å². The maximum atomic E-state index is 14.2. The van der Waals surface area contributed by atoms with E-state index in [0.29, 0.717) is 51.9 Å². The monoisotopic (exact) mass is 1290 g/mol. The SMILES string of the molecule is CC(C)(C)OC(=O)C[C@H]1CCCCC/C=C\[C@@H]2C[C@@]2(C(=O)O)NC(=O)[C@@H]2C[C@@H](OC(=O)N3Cc4ccccc4C3)CN2C1=O.CCOC(=O)[C@@]12C[C@H]1/C=C\CCCCC[C@H](CC(=O)OC(C)(C)C)C(=O)N1C[C@H](OC(=O)N3Cc4ccccc4C3)C[C@H]1C(=O)N2.[Li+].[OH-].[OH-]. The van der Waals surface area contributed by atoms with E-state index >= 15 is 0 Å². The Morgan fingerprint density at radius 1 is 0.570 bits per heavy atom. The zero-order chi connectivity index (χ0) is 64.7. The summed E-state index contributed by atoms with van der Waals surface area (Å²) in [7, 11) is 0. The van der Waals surface area contributed by atoms with Gasteiger partial charge >= 0.3 is 54.9 Å². The first-order valence-corrected chi connectivity index (χ1v) is 32.2. The quantitative estimate of drug-likeness (QED) is 0.129. The van der Waals surface area contributed by atoms with Crippen molar-refractivity contribution in [2.45, 2.75) is 224 Å². The van der Waals surface area contributed by atoms with Crippen LogP contribution in [0.15, 0.2) is 72.8 Å². The largest absolute Gasteiger partial charge is 1.00 e. The predicted molar refractivity (Wildman–Crippen MR) is 331 cm³/mol. The van der Waals surface area contributed by atoms with Gasteiger partial charge in [-0.05, 0) is 122 Å². The van der Waals surface area contributed by atoms with Gasteiger partial charge in [0.2, 0.25) is 23.6 Å². The second-order valence-electron chi connectivity index (χ2n) is 27.4. The van der Waals surface area contributed by atoms with Gasteiger partial charge in [-0.25, -0.2) is 19.2 Å². The second kappa shape index (κ2) is 31.8. The van der Waals surface area contributed by atoms with Crippen molar-refractivity contribution < 1.29 is 107 Å². The molecule has 10 atom stereocenters. The number of esters is 3. The number of carboxylic acids is 1. The molecule has 4 fully saturated rings. The molecule has 0 spiro atoms. The van der Waals surface area contributed by atoms with E-state index in [1.807, 2.05) is 72.8 Å². The fourth-order valence-corrected chi connectivity index (χ4v) is 13.3. The number of carboxylic acid groups (broad SMARTS) is 1. The molecule has 6 aliphatic heterocycles. The average Bonchev–Trinajstić information content (AvgIpc) is 1.59. The van der Waals surface area contributed by atoms with Gasteiger partial charge < -0.3 is 60.2 Å². The Morgan fingerprint density at radius 3 is 1.32 bits per heavy atom. The molecule has 25 heteroatoms. The van der Waals surface area contributed by atoms with Crippen molar-refractivity contribution in [2.24, 2.45) is 23.7 Å². The van der Waals surface area contributed by atoms with Crippen LogP contribution in [0.1, 0.15) is 173 Å². The van der Waals surface area contributed by atoms with Crippen molar-refractivity contribution in [1.82, 2.24) is 30.2 Å². The van der Waals surface area contributed by atoms with Crippen molar-refractivity contribution in [3.05, 3.63) is 95.1 Å². The summed E-state index contributed by atoms with van der Waals surface area (Å²) in [6, 6.07) is 13.5. The summed E-state index contributed by atoms with van der Waals surface area (Å²) in [4.78, 5) is 140. The van der Waals surface area contributed by atoms with E-state index in [-0.39, 0.29) is 99.4 Å². The third-order valence-corrected chi connectivity index (χ3v) is 18.1. The molecular weight excluding hydrogens is 1200 g/mol. The molecule has 2 aromatic rings. The number of fused-ring (bicyclic) bond motifs is 6. The molecule has 2 saturated carbocycles. The van der Waals surface area contributed by atoms with Crippen LogP contribution in [0.2, 0.25) is 0 Å². The molecule has 2 aromatic carbocycles. The van der Waals surface area contributed by atoms with Crippen LogP contribution in [-0.2, 0) is 88.2 Å². The van der Waals surface area contributed by atoms with Gasteiger partial charge in [-0.15, -0.1) is 0 Å². The number of ether oxygens (including phenoxy) is 5. The molecule has 0 aromatic heterocycles. The van der Waals surface area contributed by atoms with Crippen molar-refractivity contribution >= 4 is 59.7 Å². The molecule has 504 valence electrons. The summed E-state index contributed by atoms with van der Waals surface area (Å²) in [6.07, 6.45) is 13.1. The van der Waals surface area contributed by atoms with E-state index in [1.165, 1.54) is 9.80 Å². The van der Waals surface area contributed by atoms with E-state index in [2.05, 4.69) is 10.6 Å². The number of amides is 6. The van der Waals surface area contributed by atoms with Crippen LogP contribution >= 0.6 is 0 Å². The van der Waals surface area contributed by atoms with Crippen LogP contribution < -0.4 is 29.5 Å². The average molecular weight is 1290 g/mol. The van der Waals surface area contributed by atoms with Crippen LogP contribution in [0.5, 0.6) is 0 Å². The van der Waals surface area contributed by atoms with Gasteiger partial charge in [0.25, 0.3) is 0 Å². The molecule has 24 nitrogen and oxygen atoms in total. The minimum absolute atomic E-state index is 0. The molecular formula is C68H92LiN6O18-. The van der Waals surface area contributed by atoms with E-state index in [9.17, 15) is 53.1 Å². The Balaban J connectivity index is 0.000000286. The number of rotatable bonds is 9. The number of nitrogens with one attached hydrogen (secondary N) is 2. The molecule has 93 heavy (non-hydrogen) atoms. The Morgan fingerprint density at radius 2 is 0.946 bits per heavy atom. The molecule has 10 rings (SSSR count). The Hall–Kier alpha value is -7.26. The number of hydrogen-bond acceptors (Lipinski definition) is 17. The van der Waals surface area contributed by atoms with Gasteiger partial charge in [-0.2, -0.15) is 0 Å². The smallest absolute Gasteiger partial charge is 0.870 e. The van der Waals surface area contributed by atoms with E-state index < -0.39 is 112 Å². The number of benzene rings is 2. The maximum Gasteiger partial charge on any atom is 1.00 e. The van der Waals surface area contributed by atoms with E-state index in [1.54, 1.807) is 58.3 Å². The van der Waals surface area contributed by atoms with Crippen LogP contribution in [-0.4, -0.2) is 162 Å². The molecule has 8 aliphatic rings. The number of allylic oxidation sites excluding steroid dienone is 2. The first kappa shape index (κ1) is 74.8. The molecule has 0 unspecified atom stereocenters. The fraction of sp³-hybridized carbons (Fsp3) is 0.618. The number of carbonyl (C=O) groups excluding carboxylic acids is 9. The summed E-state index contributed by atoms with van der Waals surface area (Å²) in [5, 5.41) is 15.7. The van der Waals surface area contributed by atoms with Gasteiger partial charge in [0.1, 0.15) is 46.6 Å². The van der Waals surface area contributed by atoms with Crippen LogP contribution in [0.4, 0.5) is 9.59 Å². The van der Waals surface area contributed by atoms with Gasteiger partial charge in [0.15, 0.2) is 0 Å². The summed E-state index contributed by atoms with van der Waals surface area (Å²) < 4.78 is 28.2. The van der Waals surface area contributed by atoms with Gasteiger partial charge in [0, 0.05) is 62.7 Å². The van der Waals surface area contributed by atoms with Crippen molar-refractivity contribution in [2.75, 3.05) is 19.7 Å². The number of carbonyl (C=O) groups is 10. The predicted octanol–water partition coefficient (Wildman–Crippen LogP) is 5.00. The Labute approximate surface area is 556 Å². The maximum absolute atomic E-state index is 14.2. The van der Waals surface area contributed by atoms with Crippen molar-refractivity contribution in [3.63, 3.8) is 0 Å². The standard InChI is InChI=1S/C35H47N3O8.C33H43N3O8.Li.2H2O/c1-5-44-32(42)35-19-26(35)16-10-8-6-7-9-13-23(17-29(39)46-34(2,3)4)31(41)38-22-27(18-28(38)30(40)36-35)45-33(43)37-20-24-14-11-12-15-25(24)21-37;1-32(2,3)44-27(37)15-21-11-7-5-4-6-8-14-24-17-33(24,30(40)41)34-28(38)26-16-25(20-36(26)29(21)39)43-31(42)35-18-22-12-9-10-13-23(22)19-35;;;/h10-12,14-16,23,26-28H,5-9,13,17-22H2,1-4H3,(H,36,40);8-10,12-14,21,24-26H,4-7,11,15-20H2,1-3H3,(H,34,38)(H,40,41);;2*1H2/q;;+1;;/p-2/b16-10-;14-8-;;;/t23-,26-,27-,28+,35-;21-,24-,25-,26+,33-;;;/m11.../s1. The minimum Gasteiger partial charge on any atom is -0.870 e. The Bertz CT molecular complexity index is 3080. The van der Waals surface area contributed by atoms with Crippen molar-refractivity contribution in [3.8, 4) is 0 Å². The normalized spacial score (nSPS) is 28.3. The molecule has 0 radical (unpaired) electrons. The number of nitrogens with zero attached hydrogens (tertiary/aromatic N) is 4. The third kappa shape index (κ3) is 18.8. The number of aliphatic carboxylic acids is 1. The van der Waals surface area contributed by atoms with Crippen LogP contribution in [0.25, 0.3) is 0 Å². The van der Waals surface area contributed by atoms with Gasteiger partial charge in [-0.1, -0.05) is 98.5 Å². The van der Waals surface area contributed by atoms with E-state index in [0.717, 1.165) is 67.2 Å². The molecule has 2 saturated heterocycles. The zero-order valence-corrected chi connectivity index (χ0v) is 55.1. The molecule has 2 aliphatic carbocycles. The summed E-state index contributed by atoms with van der Waals surface area (Å²) in [5.41, 5.74) is 0.108. The fourth-order valence-electron chi connectivity index (χ4n) is 13.3. The topological polar surface area (TPSA) is 334 Å². The first-order valence-electron chi connectivity index (χ1n) is 32.2.